The minimum Gasteiger partial charge on any atom is -0.329 e. The van der Waals surface area contributed by atoms with Crippen molar-refractivity contribution >= 4 is 11.8 Å². The molecule has 88 valence electrons. The van der Waals surface area contributed by atoms with Gasteiger partial charge in [-0.2, -0.15) is 11.8 Å². The van der Waals surface area contributed by atoms with Gasteiger partial charge in [0.05, 0.1) is 0 Å². The second-order valence-corrected chi connectivity index (χ2v) is 5.47. The molecule has 0 spiro atoms. The fraction of sp³-hybridized carbons (Fsp3) is 0.538. The number of nitrogens with zero attached hydrogens (tertiary/aromatic N) is 1. The highest BCUT2D eigenvalue weighted by molar-refractivity contribution is 7.99. The zero-order chi connectivity index (χ0) is 11.4. The quantitative estimate of drug-likeness (QED) is 0.871. The van der Waals surface area contributed by atoms with Crippen LogP contribution in [0.25, 0.3) is 0 Å². The zero-order valence-electron chi connectivity index (χ0n) is 9.80. The highest BCUT2D eigenvalue weighted by atomic mass is 32.2. The first kappa shape index (κ1) is 12.0. The Morgan fingerprint density at radius 3 is 2.81 bits per heavy atom. The summed E-state index contributed by atoms with van der Waals surface area (Å²) in [6, 6.07) is 11.7. The fourth-order valence-electron chi connectivity index (χ4n) is 2.34. The molecule has 1 aromatic carbocycles. The average molecular weight is 236 g/mol. The van der Waals surface area contributed by atoms with Gasteiger partial charge < -0.3 is 5.73 Å². The van der Waals surface area contributed by atoms with Crippen LogP contribution in [0.5, 0.6) is 0 Å². The first-order chi connectivity index (χ1) is 7.83. The maximum atomic E-state index is 5.95. The number of benzene rings is 1. The molecule has 0 aliphatic carbocycles. The van der Waals surface area contributed by atoms with E-state index < -0.39 is 0 Å². The number of thioether (sulfide) groups is 1. The Bertz CT molecular complexity index is 315. The molecule has 0 aromatic heterocycles. The second-order valence-electron chi connectivity index (χ2n) is 4.32. The van der Waals surface area contributed by atoms with E-state index in [9.17, 15) is 0 Å². The van der Waals surface area contributed by atoms with Crippen LogP contribution in [0.3, 0.4) is 0 Å². The molecule has 2 atom stereocenters. The number of hydrogen-bond donors (Lipinski definition) is 1. The van der Waals surface area contributed by atoms with Crippen molar-refractivity contribution in [3.63, 3.8) is 0 Å². The first-order valence-electron chi connectivity index (χ1n) is 5.91. The molecule has 2 unspecified atom stereocenters. The van der Waals surface area contributed by atoms with Crippen molar-refractivity contribution in [1.29, 1.82) is 0 Å². The van der Waals surface area contributed by atoms with E-state index in [1.165, 1.54) is 17.1 Å². The summed E-state index contributed by atoms with van der Waals surface area (Å²) in [5, 5.41) is 0. The van der Waals surface area contributed by atoms with Crippen LogP contribution in [0.1, 0.15) is 18.5 Å². The molecule has 2 rings (SSSR count). The Morgan fingerprint density at radius 2 is 2.19 bits per heavy atom. The maximum absolute atomic E-state index is 5.95. The smallest absolute Gasteiger partial charge is 0.0473 e. The number of nitrogens with two attached hydrogens (primary N) is 1. The molecule has 2 nitrogen and oxygen atoms in total. The number of rotatable bonds is 3. The molecule has 0 bridgehead atoms. The SMILES string of the molecule is CC1CSCCN1C(CN)c1ccccc1. The molecule has 0 amide bonds. The van der Waals surface area contributed by atoms with Crippen LogP contribution in [0.4, 0.5) is 0 Å². The largest absolute Gasteiger partial charge is 0.329 e. The lowest BCUT2D eigenvalue weighted by Gasteiger charge is -2.39. The number of hydrogen-bond acceptors (Lipinski definition) is 3. The minimum atomic E-state index is 0.386. The van der Waals surface area contributed by atoms with Crippen molar-refractivity contribution in [3.8, 4) is 0 Å². The van der Waals surface area contributed by atoms with E-state index in [1.54, 1.807) is 0 Å². The van der Waals surface area contributed by atoms with Gasteiger partial charge in [0.1, 0.15) is 0 Å². The normalized spacial score (nSPS) is 24.2. The van der Waals surface area contributed by atoms with Gasteiger partial charge in [0.25, 0.3) is 0 Å². The zero-order valence-corrected chi connectivity index (χ0v) is 10.6. The van der Waals surface area contributed by atoms with E-state index in [1.807, 2.05) is 11.8 Å². The van der Waals surface area contributed by atoms with Crippen molar-refractivity contribution in [2.24, 2.45) is 5.73 Å². The highest BCUT2D eigenvalue weighted by Crippen LogP contribution is 2.26. The lowest BCUT2D eigenvalue weighted by atomic mass is 10.0. The Hall–Kier alpha value is -0.510. The molecule has 2 N–H and O–H groups in total. The van der Waals surface area contributed by atoms with Crippen molar-refractivity contribution in [2.75, 3.05) is 24.6 Å². The van der Waals surface area contributed by atoms with Crippen LogP contribution >= 0.6 is 11.8 Å². The summed E-state index contributed by atoms with van der Waals surface area (Å²) >= 11 is 2.05. The summed E-state index contributed by atoms with van der Waals surface area (Å²) < 4.78 is 0. The summed E-state index contributed by atoms with van der Waals surface area (Å²) in [5.74, 6) is 2.46. The molecule has 1 fully saturated rings. The first-order valence-corrected chi connectivity index (χ1v) is 7.07. The van der Waals surface area contributed by atoms with E-state index in [2.05, 4.69) is 42.2 Å². The van der Waals surface area contributed by atoms with Gasteiger partial charge in [-0.15, -0.1) is 0 Å². The average Bonchev–Trinajstić information content (AvgIpc) is 2.34. The molecule has 1 saturated heterocycles. The van der Waals surface area contributed by atoms with E-state index in [0.29, 0.717) is 18.6 Å². The van der Waals surface area contributed by atoms with Crippen LogP contribution in [0.15, 0.2) is 30.3 Å². The topological polar surface area (TPSA) is 29.3 Å². The predicted octanol–water partition coefficient (Wildman–Crippen LogP) is 2.12. The van der Waals surface area contributed by atoms with E-state index in [4.69, 9.17) is 5.73 Å². The second kappa shape index (κ2) is 5.71. The minimum absolute atomic E-state index is 0.386. The Kier molecular flexibility index (Phi) is 4.27. The van der Waals surface area contributed by atoms with E-state index in [-0.39, 0.29) is 0 Å². The van der Waals surface area contributed by atoms with Gasteiger partial charge in [0.2, 0.25) is 0 Å². The molecule has 1 aliphatic heterocycles. The summed E-state index contributed by atoms with van der Waals surface area (Å²) in [7, 11) is 0. The third-order valence-electron chi connectivity index (χ3n) is 3.23. The molecule has 0 saturated carbocycles. The van der Waals surface area contributed by atoms with Crippen LogP contribution in [0, 0.1) is 0 Å². The van der Waals surface area contributed by atoms with E-state index >= 15 is 0 Å². The predicted molar refractivity (Wildman–Crippen MR) is 71.7 cm³/mol. The van der Waals surface area contributed by atoms with Gasteiger partial charge in [0.15, 0.2) is 0 Å². The molecule has 0 radical (unpaired) electrons. The Morgan fingerprint density at radius 1 is 1.44 bits per heavy atom. The fourth-order valence-corrected chi connectivity index (χ4v) is 3.38. The highest BCUT2D eigenvalue weighted by Gasteiger charge is 2.26. The summed E-state index contributed by atoms with van der Waals surface area (Å²) in [5.41, 5.74) is 7.30. The maximum Gasteiger partial charge on any atom is 0.0473 e. The van der Waals surface area contributed by atoms with Gasteiger partial charge >= 0.3 is 0 Å². The van der Waals surface area contributed by atoms with Crippen molar-refractivity contribution < 1.29 is 0 Å². The summed E-state index contributed by atoms with van der Waals surface area (Å²) in [4.78, 5) is 2.55. The molecule has 16 heavy (non-hydrogen) atoms. The third kappa shape index (κ3) is 2.59. The molecule has 1 aliphatic rings. The monoisotopic (exact) mass is 236 g/mol. The van der Waals surface area contributed by atoms with Gasteiger partial charge in [-0.3, -0.25) is 4.90 Å². The Labute approximate surface area is 102 Å². The van der Waals surface area contributed by atoms with Gasteiger partial charge in [-0.05, 0) is 12.5 Å². The molecule has 1 heterocycles. The third-order valence-corrected chi connectivity index (χ3v) is 4.42. The van der Waals surface area contributed by atoms with Crippen LogP contribution in [-0.4, -0.2) is 35.5 Å². The van der Waals surface area contributed by atoms with Crippen LogP contribution in [0.2, 0.25) is 0 Å². The molecular formula is C13H20N2S. The molecule has 3 heteroatoms. The van der Waals surface area contributed by atoms with Gasteiger partial charge in [0, 0.05) is 36.7 Å². The standard InChI is InChI=1S/C13H20N2S/c1-11-10-16-8-7-15(11)13(9-14)12-5-3-2-4-6-12/h2-6,11,13H,7-10,14H2,1H3. The molecule has 1 aromatic rings. The van der Waals surface area contributed by atoms with Crippen LogP contribution in [-0.2, 0) is 0 Å². The van der Waals surface area contributed by atoms with E-state index in [0.717, 1.165) is 6.54 Å². The van der Waals surface area contributed by atoms with Crippen molar-refractivity contribution in [3.05, 3.63) is 35.9 Å². The Balaban J connectivity index is 2.15. The lowest BCUT2D eigenvalue weighted by molar-refractivity contribution is 0.166. The lowest BCUT2D eigenvalue weighted by Crippen LogP contribution is -2.45. The van der Waals surface area contributed by atoms with Gasteiger partial charge in [-0.1, -0.05) is 30.3 Å². The van der Waals surface area contributed by atoms with Crippen molar-refractivity contribution in [1.82, 2.24) is 4.90 Å². The summed E-state index contributed by atoms with van der Waals surface area (Å²) in [6.07, 6.45) is 0. The van der Waals surface area contributed by atoms with Crippen LogP contribution < -0.4 is 5.73 Å². The summed E-state index contributed by atoms with van der Waals surface area (Å²) in [6.45, 7) is 4.17. The van der Waals surface area contributed by atoms with Gasteiger partial charge in [-0.25, -0.2) is 0 Å². The van der Waals surface area contributed by atoms with Crippen molar-refractivity contribution in [2.45, 2.75) is 19.0 Å². The molecular weight excluding hydrogens is 216 g/mol.